The van der Waals surface area contributed by atoms with E-state index in [1.54, 1.807) is 62.4 Å². The van der Waals surface area contributed by atoms with Gasteiger partial charge in [0.2, 0.25) is 9.84 Å². The molecule has 2 N–H and O–H groups in total. The number of rotatable bonds is 5. The molecule has 0 aliphatic rings. The van der Waals surface area contributed by atoms with Crippen LogP contribution in [-0.2, 0) is 19.9 Å². The van der Waals surface area contributed by atoms with E-state index in [0.717, 1.165) is 11.1 Å². The van der Waals surface area contributed by atoms with E-state index in [4.69, 9.17) is 0 Å². The number of aryl methyl sites for hydroxylation is 4. The molecule has 6 nitrogen and oxygen atoms in total. The highest BCUT2D eigenvalue weighted by Gasteiger charge is 2.27. The quantitative estimate of drug-likeness (QED) is 0.361. The number of phenolic OH excluding ortho intramolecular Hbond substituents is 1. The van der Waals surface area contributed by atoms with Gasteiger partial charge in [0.15, 0.2) is 0 Å². The first-order valence-electron chi connectivity index (χ1n) is 10.6. The van der Waals surface area contributed by atoms with Gasteiger partial charge in [-0.15, -0.1) is 0 Å². The van der Waals surface area contributed by atoms with Crippen LogP contribution >= 0.6 is 0 Å². The van der Waals surface area contributed by atoms with Crippen LogP contribution in [0.3, 0.4) is 0 Å². The molecule has 8 heteroatoms. The Labute approximate surface area is 199 Å². The second-order valence-electron chi connectivity index (χ2n) is 8.47. The van der Waals surface area contributed by atoms with Crippen molar-refractivity contribution in [2.45, 2.75) is 42.4 Å². The minimum atomic E-state index is -4.13. The van der Waals surface area contributed by atoms with Crippen LogP contribution in [-0.4, -0.2) is 21.9 Å². The fourth-order valence-electron chi connectivity index (χ4n) is 4.25. The minimum absolute atomic E-state index is 0.00251. The number of hydrogen-bond donors (Lipinski definition) is 2. The maximum Gasteiger partial charge on any atom is 0.262 e. The fraction of sp³-hybridized carbons (Fsp3) is 0.154. The molecule has 4 rings (SSSR count). The van der Waals surface area contributed by atoms with E-state index in [1.807, 2.05) is 13.8 Å². The van der Waals surface area contributed by atoms with Crippen LogP contribution in [0.2, 0.25) is 0 Å². The van der Waals surface area contributed by atoms with Crippen molar-refractivity contribution in [1.82, 2.24) is 0 Å². The highest BCUT2D eigenvalue weighted by atomic mass is 32.2. The summed E-state index contributed by atoms with van der Waals surface area (Å²) in [4.78, 5) is -0.231. The molecule has 4 aromatic carbocycles. The molecule has 0 aliphatic heterocycles. The number of aromatic hydroxyl groups is 1. The van der Waals surface area contributed by atoms with Crippen molar-refractivity contribution in [2.75, 3.05) is 4.72 Å². The lowest BCUT2D eigenvalue weighted by Gasteiger charge is -2.17. The van der Waals surface area contributed by atoms with Crippen LogP contribution in [0.15, 0.2) is 81.4 Å². The summed E-state index contributed by atoms with van der Waals surface area (Å²) in [5, 5.41) is 11.5. The Kier molecular flexibility index (Phi) is 5.91. The number of phenols is 1. The zero-order chi connectivity index (χ0) is 24.8. The molecule has 0 bridgehead atoms. The molecule has 0 aromatic heterocycles. The van der Waals surface area contributed by atoms with Gasteiger partial charge in [-0.1, -0.05) is 59.7 Å². The van der Waals surface area contributed by atoms with Crippen molar-refractivity contribution in [1.29, 1.82) is 0 Å². The summed E-state index contributed by atoms with van der Waals surface area (Å²) in [5.74, 6) is -0.429. The molecule has 0 unspecified atom stereocenters. The van der Waals surface area contributed by atoms with Crippen LogP contribution in [0.1, 0.15) is 22.3 Å². The van der Waals surface area contributed by atoms with Gasteiger partial charge in [-0.3, -0.25) is 4.72 Å². The Hall–Kier alpha value is -3.36. The molecule has 0 fully saturated rings. The lowest BCUT2D eigenvalue weighted by Crippen LogP contribution is -2.16. The Balaban J connectivity index is 1.94. The third-order valence-corrected chi connectivity index (χ3v) is 9.17. The van der Waals surface area contributed by atoms with Gasteiger partial charge in [-0.25, -0.2) is 16.8 Å². The van der Waals surface area contributed by atoms with Crippen molar-refractivity contribution >= 4 is 36.3 Å². The highest BCUT2D eigenvalue weighted by molar-refractivity contribution is 7.93. The van der Waals surface area contributed by atoms with Gasteiger partial charge < -0.3 is 5.11 Å². The first kappa shape index (κ1) is 23.8. The van der Waals surface area contributed by atoms with Crippen LogP contribution < -0.4 is 4.72 Å². The zero-order valence-corrected chi connectivity index (χ0v) is 20.9. The monoisotopic (exact) mass is 495 g/mol. The van der Waals surface area contributed by atoms with Crippen molar-refractivity contribution < 1.29 is 21.9 Å². The molecule has 0 saturated heterocycles. The fourth-order valence-corrected chi connectivity index (χ4v) is 7.17. The van der Waals surface area contributed by atoms with E-state index in [1.165, 1.54) is 18.2 Å². The Morgan fingerprint density at radius 2 is 1.26 bits per heavy atom. The second kappa shape index (κ2) is 8.45. The van der Waals surface area contributed by atoms with Crippen molar-refractivity contribution in [3.05, 3.63) is 89.0 Å². The normalized spacial score (nSPS) is 12.1. The van der Waals surface area contributed by atoms with Crippen molar-refractivity contribution in [2.24, 2.45) is 0 Å². The van der Waals surface area contributed by atoms with Crippen LogP contribution in [0.25, 0.3) is 10.8 Å². The third kappa shape index (κ3) is 4.15. The van der Waals surface area contributed by atoms with Gasteiger partial charge in [0.1, 0.15) is 10.6 Å². The lowest BCUT2D eigenvalue weighted by molar-refractivity contribution is 0.465. The number of hydrogen-bond acceptors (Lipinski definition) is 5. The number of fused-ring (bicyclic) bond motifs is 1. The molecule has 0 atom stereocenters. The SMILES string of the molecule is Cc1ccc(S(=O)(=O)c2cc(NS(=O)(=O)c3c(C)cc(C)cc3C)c3ccccc3c2O)cc1. The summed E-state index contributed by atoms with van der Waals surface area (Å²) >= 11 is 0. The number of benzene rings is 4. The molecular formula is C26H25NO5S2. The summed E-state index contributed by atoms with van der Waals surface area (Å²) in [5.41, 5.74) is 3.06. The van der Waals surface area contributed by atoms with E-state index >= 15 is 0 Å². The molecule has 0 spiro atoms. The zero-order valence-electron chi connectivity index (χ0n) is 19.2. The molecular weight excluding hydrogens is 470 g/mol. The maximum atomic E-state index is 13.4. The van der Waals surface area contributed by atoms with E-state index in [0.29, 0.717) is 16.5 Å². The number of sulfone groups is 1. The topological polar surface area (TPSA) is 101 Å². The molecule has 4 aromatic rings. The smallest absolute Gasteiger partial charge is 0.262 e. The van der Waals surface area contributed by atoms with Crippen LogP contribution in [0.5, 0.6) is 5.75 Å². The molecule has 176 valence electrons. The average Bonchev–Trinajstić information content (AvgIpc) is 2.75. The Morgan fingerprint density at radius 1 is 0.706 bits per heavy atom. The molecule has 34 heavy (non-hydrogen) atoms. The molecule has 0 heterocycles. The number of sulfonamides is 1. The lowest BCUT2D eigenvalue weighted by atomic mass is 10.1. The van der Waals surface area contributed by atoms with E-state index < -0.39 is 25.6 Å². The summed E-state index contributed by atoms with van der Waals surface area (Å²) in [6, 6.07) is 17.5. The van der Waals surface area contributed by atoms with Crippen LogP contribution in [0, 0.1) is 27.7 Å². The highest BCUT2D eigenvalue weighted by Crippen LogP contribution is 2.40. The number of anilines is 1. The van der Waals surface area contributed by atoms with Gasteiger partial charge in [-0.2, -0.15) is 0 Å². The second-order valence-corrected chi connectivity index (χ2v) is 12.0. The Morgan fingerprint density at radius 3 is 1.85 bits per heavy atom. The van der Waals surface area contributed by atoms with Gasteiger partial charge in [0.05, 0.1) is 15.5 Å². The van der Waals surface area contributed by atoms with Crippen molar-refractivity contribution in [3.63, 3.8) is 0 Å². The molecule has 0 saturated carbocycles. The number of nitrogens with one attached hydrogen (secondary N) is 1. The summed E-state index contributed by atoms with van der Waals surface area (Å²) in [6.45, 7) is 7.17. The van der Waals surface area contributed by atoms with E-state index in [9.17, 15) is 21.9 Å². The molecule has 0 amide bonds. The summed E-state index contributed by atoms with van der Waals surface area (Å²) in [6.07, 6.45) is 0. The van der Waals surface area contributed by atoms with Crippen LogP contribution in [0.4, 0.5) is 5.69 Å². The first-order chi connectivity index (χ1) is 15.9. The minimum Gasteiger partial charge on any atom is -0.506 e. The van der Waals surface area contributed by atoms with E-state index in [-0.39, 0.29) is 25.8 Å². The predicted octanol–water partition coefficient (Wildman–Crippen LogP) is 5.41. The van der Waals surface area contributed by atoms with Gasteiger partial charge in [-0.05, 0) is 57.0 Å². The predicted molar refractivity (Wildman–Crippen MR) is 134 cm³/mol. The molecule has 0 radical (unpaired) electrons. The first-order valence-corrected chi connectivity index (χ1v) is 13.6. The largest absolute Gasteiger partial charge is 0.506 e. The van der Waals surface area contributed by atoms with Gasteiger partial charge in [0.25, 0.3) is 10.0 Å². The van der Waals surface area contributed by atoms with Gasteiger partial charge in [0, 0.05) is 10.8 Å². The summed E-state index contributed by atoms with van der Waals surface area (Å²) in [7, 11) is -8.18. The standard InChI is InChI=1S/C26H25NO5S2/c1-16-9-11-20(12-10-16)33(29,30)24-15-23(21-7-5-6-8-22(21)25(24)28)27-34(31,32)26-18(3)13-17(2)14-19(26)4/h5-15,27-28H,1-4H3. The average molecular weight is 496 g/mol. The van der Waals surface area contributed by atoms with Crippen molar-refractivity contribution in [3.8, 4) is 5.75 Å². The molecule has 0 aliphatic carbocycles. The maximum absolute atomic E-state index is 13.4. The van der Waals surface area contributed by atoms with Gasteiger partial charge >= 0.3 is 0 Å². The summed E-state index contributed by atoms with van der Waals surface area (Å²) < 4.78 is 56.2. The third-order valence-electron chi connectivity index (χ3n) is 5.72. The van der Waals surface area contributed by atoms with E-state index in [2.05, 4.69) is 4.72 Å². The Bertz CT molecular complexity index is 1620.